The van der Waals surface area contributed by atoms with Gasteiger partial charge in [0.2, 0.25) is 0 Å². The summed E-state index contributed by atoms with van der Waals surface area (Å²) in [6, 6.07) is 16.5. The molecule has 0 N–H and O–H groups in total. The van der Waals surface area contributed by atoms with Crippen LogP contribution in [0.25, 0.3) is 0 Å². The first-order valence-electron chi connectivity index (χ1n) is 11.5. The van der Waals surface area contributed by atoms with Crippen LogP contribution in [0.3, 0.4) is 0 Å². The lowest BCUT2D eigenvalue weighted by molar-refractivity contribution is 0.0525. The third kappa shape index (κ3) is 5.33. The predicted molar refractivity (Wildman–Crippen MR) is 129 cm³/mol. The number of benzene rings is 1. The molecule has 0 saturated carbocycles. The molecular formula is C26H28N4O4. The average molecular weight is 461 g/mol. The maximum atomic E-state index is 13.2. The fourth-order valence-electron chi connectivity index (χ4n) is 4.03. The maximum Gasteiger partial charge on any atom is 0.339 e. The molecule has 2 aromatic heterocycles. The van der Waals surface area contributed by atoms with Crippen LogP contribution in [-0.2, 0) is 11.3 Å². The molecule has 0 aliphatic carbocycles. The summed E-state index contributed by atoms with van der Waals surface area (Å²) in [7, 11) is 0. The molecule has 0 unspecified atom stereocenters. The zero-order valence-electron chi connectivity index (χ0n) is 19.2. The van der Waals surface area contributed by atoms with Gasteiger partial charge in [-0.3, -0.25) is 9.59 Å². The number of anilines is 1. The molecule has 3 heterocycles. The Labute approximate surface area is 198 Å². The number of amides is 1. The Balaban J connectivity index is 1.43. The molecule has 3 aromatic rings. The van der Waals surface area contributed by atoms with Gasteiger partial charge in [-0.1, -0.05) is 30.3 Å². The van der Waals surface area contributed by atoms with Crippen molar-refractivity contribution < 1.29 is 14.3 Å². The minimum atomic E-state index is -0.394. The summed E-state index contributed by atoms with van der Waals surface area (Å²) < 4.78 is 6.57. The lowest BCUT2D eigenvalue weighted by atomic mass is 10.2. The SMILES string of the molecule is CCOC(=O)c1ccc(N2CCCN(C(=O)c3cccn(Cc4ccccc4)c3=O)CC2)nc1. The molecule has 0 spiro atoms. The van der Waals surface area contributed by atoms with E-state index >= 15 is 0 Å². The molecule has 1 aliphatic rings. The fraction of sp³-hybridized carbons (Fsp3) is 0.308. The van der Waals surface area contributed by atoms with Gasteiger partial charge in [-0.15, -0.1) is 0 Å². The monoisotopic (exact) mass is 460 g/mol. The third-order valence-electron chi connectivity index (χ3n) is 5.81. The van der Waals surface area contributed by atoms with E-state index in [2.05, 4.69) is 9.88 Å². The van der Waals surface area contributed by atoms with Gasteiger partial charge in [-0.05, 0) is 43.2 Å². The predicted octanol–water partition coefficient (Wildman–Crippen LogP) is 2.82. The molecule has 1 saturated heterocycles. The number of rotatable bonds is 6. The number of hydrogen-bond acceptors (Lipinski definition) is 6. The van der Waals surface area contributed by atoms with Crippen molar-refractivity contribution in [2.75, 3.05) is 37.7 Å². The van der Waals surface area contributed by atoms with Crippen LogP contribution < -0.4 is 10.5 Å². The van der Waals surface area contributed by atoms with Crippen molar-refractivity contribution in [2.45, 2.75) is 19.9 Å². The van der Waals surface area contributed by atoms with Crippen molar-refractivity contribution in [2.24, 2.45) is 0 Å². The highest BCUT2D eigenvalue weighted by atomic mass is 16.5. The highest BCUT2D eigenvalue weighted by Crippen LogP contribution is 2.16. The Morgan fingerprint density at radius 1 is 0.971 bits per heavy atom. The first kappa shape index (κ1) is 23.2. The second kappa shape index (κ2) is 10.8. The Morgan fingerprint density at radius 2 is 1.79 bits per heavy atom. The average Bonchev–Trinajstić information content (AvgIpc) is 3.12. The quantitative estimate of drug-likeness (QED) is 0.526. The van der Waals surface area contributed by atoms with Crippen molar-refractivity contribution in [3.8, 4) is 0 Å². The Morgan fingerprint density at radius 3 is 2.53 bits per heavy atom. The Hall–Kier alpha value is -3.94. The van der Waals surface area contributed by atoms with Gasteiger partial charge in [0, 0.05) is 38.6 Å². The Bertz CT molecular complexity index is 1190. The van der Waals surface area contributed by atoms with Gasteiger partial charge in [-0.2, -0.15) is 0 Å². The summed E-state index contributed by atoms with van der Waals surface area (Å²) >= 11 is 0. The molecule has 34 heavy (non-hydrogen) atoms. The van der Waals surface area contributed by atoms with Gasteiger partial charge in [0.05, 0.1) is 18.7 Å². The molecule has 0 bridgehead atoms. The largest absolute Gasteiger partial charge is 0.462 e. The number of esters is 1. The van der Waals surface area contributed by atoms with Crippen molar-refractivity contribution in [3.05, 3.63) is 94.0 Å². The number of ether oxygens (including phenoxy) is 1. The fourth-order valence-corrected chi connectivity index (χ4v) is 4.03. The molecule has 0 radical (unpaired) electrons. The zero-order valence-corrected chi connectivity index (χ0v) is 19.2. The number of pyridine rings is 2. The van der Waals surface area contributed by atoms with Crippen molar-refractivity contribution in [1.82, 2.24) is 14.5 Å². The van der Waals surface area contributed by atoms with E-state index < -0.39 is 5.97 Å². The lowest BCUT2D eigenvalue weighted by Gasteiger charge is -2.23. The van der Waals surface area contributed by atoms with Crippen LogP contribution in [0, 0.1) is 0 Å². The molecule has 1 aliphatic heterocycles. The molecule has 0 atom stereocenters. The van der Waals surface area contributed by atoms with Gasteiger partial charge in [0.15, 0.2) is 0 Å². The van der Waals surface area contributed by atoms with Crippen LogP contribution in [0.15, 0.2) is 71.8 Å². The minimum absolute atomic E-state index is 0.184. The lowest BCUT2D eigenvalue weighted by Crippen LogP contribution is -2.39. The summed E-state index contributed by atoms with van der Waals surface area (Å²) in [5.41, 5.74) is 1.31. The second-order valence-electron chi connectivity index (χ2n) is 8.10. The highest BCUT2D eigenvalue weighted by molar-refractivity contribution is 5.94. The zero-order chi connectivity index (χ0) is 23.9. The first-order valence-corrected chi connectivity index (χ1v) is 11.5. The van der Waals surface area contributed by atoms with Crippen LogP contribution >= 0.6 is 0 Å². The number of aromatic nitrogens is 2. The normalized spacial score (nSPS) is 13.9. The molecular weight excluding hydrogens is 432 g/mol. The standard InChI is InChI=1S/C26H28N4O4/c1-2-34-26(33)21-11-12-23(27-18-21)28-14-7-15-29(17-16-28)24(31)22-10-6-13-30(25(22)32)19-20-8-4-3-5-9-20/h3-6,8-13,18H,2,7,14-17,19H2,1H3. The first-order chi connectivity index (χ1) is 16.6. The summed E-state index contributed by atoms with van der Waals surface area (Å²) in [5, 5.41) is 0. The summed E-state index contributed by atoms with van der Waals surface area (Å²) in [6.45, 7) is 4.84. The van der Waals surface area contributed by atoms with E-state index in [1.54, 1.807) is 46.9 Å². The molecule has 176 valence electrons. The topological polar surface area (TPSA) is 84.7 Å². The molecule has 1 amide bonds. The van der Waals surface area contributed by atoms with E-state index in [1.807, 2.05) is 30.3 Å². The Kier molecular flexibility index (Phi) is 7.37. The highest BCUT2D eigenvalue weighted by Gasteiger charge is 2.23. The summed E-state index contributed by atoms with van der Waals surface area (Å²) in [6.07, 6.45) is 3.97. The second-order valence-corrected chi connectivity index (χ2v) is 8.10. The number of hydrogen-bond donors (Lipinski definition) is 0. The van der Waals surface area contributed by atoms with Crippen LogP contribution in [0.1, 0.15) is 39.6 Å². The minimum Gasteiger partial charge on any atom is -0.462 e. The van der Waals surface area contributed by atoms with Gasteiger partial charge in [0.1, 0.15) is 11.4 Å². The van der Waals surface area contributed by atoms with Gasteiger partial charge in [0.25, 0.3) is 11.5 Å². The number of carbonyl (C=O) groups excluding carboxylic acids is 2. The maximum absolute atomic E-state index is 13.2. The van der Waals surface area contributed by atoms with Crippen molar-refractivity contribution >= 4 is 17.7 Å². The van der Waals surface area contributed by atoms with Crippen LogP contribution in [-0.4, -0.2) is 59.1 Å². The van der Waals surface area contributed by atoms with Crippen molar-refractivity contribution in [3.63, 3.8) is 0 Å². The molecule has 4 rings (SSSR count). The van der Waals surface area contributed by atoms with Gasteiger partial charge >= 0.3 is 5.97 Å². The number of carbonyl (C=O) groups is 2. The van der Waals surface area contributed by atoms with Crippen molar-refractivity contribution in [1.29, 1.82) is 0 Å². The van der Waals surface area contributed by atoms with Crippen LogP contribution in [0.4, 0.5) is 5.82 Å². The summed E-state index contributed by atoms with van der Waals surface area (Å²) in [5.74, 6) is 0.0992. The van der Waals surface area contributed by atoms with E-state index in [9.17, 15) is 14.4 Å². The summed E-state index contributed by atoms with van der Waals surface area (Å²) in [4.78, 5) is 46.3. The molecule has 8 nitrogen and oxygen atoms in total. The van der Waals surface area contributed by atoms with E-state index in [1.165, 1.54) is 6.20 Å². The molecule has 1 aromatic carbocycles. The molecule has 8 heteroatoms. The van der Waals surface area contributed by atoms with Crippen LogP contribution in [0.2, 0.25) is 0 Å². The van der Waals surface area contributed by atoms with E-state index in [0.717, 1.165) is 24.3 Å². The smallest absolute Gasteiger partial charge is 0.339 e. The molecule has 1 fully saturated rings. The van der Waals surface area contributed by atoms with E-state index in [-0.39, 0.29) is 17.0 Å². The third-order valence-corrected chi connectivity index (χ3v) is 5.81. The van der Waals surface area contributed by atoms with E-state index in [4.69, 9.17) is 4.74 Å². The number of nitrogens with zero attached hydrogens (tertiary/aromatic N) is 4. The van der Waals surface area contributed by atoms with Gasteiger partial charge < -0.3 is 19.1 Å². The van der Waals surface area contributed by atoms with Gasteiger partial charge in [-0.25, -0.2) is 9.78 Å². The van der Waals surface area contributed by atoms with E-state index in [0.29, 0.717) is 38.3 Å². The van der Waals surface area contributed by atoms with Crippen LogP contribution in [0.5, 0.6) is 0 Å².